The fraction of sp³-hybridized carbons (Fsp3) is 0.533. The number of H-pyrrole nitrogens is 1. The van der Waals surface area contributed by atoms with Gasteiger partial charge in [-0.05, 0) is 26.8 Å². The van der Waals surface area contributed by atoms with Crippen LogP contribution in [0.4, 0.5) is 20.4 Å². The van der Waals surface area contributed by atoms with Crippen LogP contribution in [0, 0.1) is 0 Å². The lowest BCUT2D eigenvalue weighted by Crippen LogP contribution is -2.42. The molecule has 0 unspecified atom stereocenters. The molecule has 136 valence electrons. The molecule has 1 aliphatic rings. The molecule has 2 aromatic rings. The van der Waals surface area contributed by atoms with E-state index in [4.69, 9.17) is 4.74 Å². The summed E-state index contributed by atoms with van der Waals surface area (Å²) in [6.45, 7) is 0.217. The van der Waals surface area contributed by atoms with Gasteiger partial charge in [0, 0.05) is 18.7 Å². The standard InChI is InChI=1S/C15H20F2N6O2/c1-9-5-10(3-4-23(9)2)24-14-8-18-7-12(20-14)19-11-6-13(22-21-11)25-15(16)17/h6-10,15H,3-5H2,1-2H3,(H2,19,20,21,22)/t9-,10+/m1/s1. The van der Waals surface area contributed by atoms with Crippen molar-refractivity contribution in [2.75, 3.05) is 18.9 Å². The van der Waals surface area contributed by atoms with Gasteiger partial charge in [0.1, 0.15) is 6.10 Å². The van der Waals surface area contributed by atoms with E-state index in [-0.39, 0.29) is 17.8 Å². The Kier molecular flexibility index (Phi) is 5.27. The second-order valence-electron chi connectivity index (χ2n) is 5.96. The normalized spacial score (nSPS) is 21.3. The molecule has 1 aliphatic heterocycles. The predicted molar refractivity (Wildman–Crippen MR) is 86.3 cm³/mol. The summed E-state index contributed by atoms with van der Waals surface area (Å²) in [6, 6.07) is 1.75. The van der Waals surface area contributed by atoms with Gasteiger partial charge in [-0.1, -0.05) is 0 Å². The molecule has 0 spiro atoms. The first-order valence-electron chi connectivity index (χ1n) is 7.96. The number of anilines is 2. The summed E-state index contributed by atoms with van der Waals surface area (Å²) in [5.41, 5.74) is 0. The molecule has 2 N–H and O–H groups in total. The van der Waals surface area contributed by atoms with E-state index in [0.29, 0.717) is 17.7 Å². The molecule has 25 heavy (non-hydrogen) atoms. The molecule has 0 bridgehead atoms. The van der Waals surface area contributed by atoms with Gasteiger partial charge in [0.15, 0.2) is 11.6 Å². The number of rotatable bonds is 6. The Morgan fingerprint density at radius 2 is 2.20 bits per heavy atom. The van der Waals surface area contributed by atoms with E-state index in [1.165, 1.54) is 12.3 Å². The maximum Gasteiger partial charge on any atom is 0.388 e. The minimum atomic E-state index is -2.92. The molecule has 0 aliphatic carbocycles. The van der Waals surface area contributed by atoms with Crippen LogP contribution in [0.5, 0.6) is 11.8 Å². The Bertz CT molecular complexity index is 698. The van der Waals surface area contributed by atoms with Crippen molar-refractivity contribution in [3.63, 3.8) is 0 Å². The van der Waals surface area contributed by atoms with Gasteiger partial charge in [-0.25, -0.2) is 5.10 Å². The van der Waals surface area contributed by atoms with Crippen molar-refractivity contribution in [1.29, 1.82) is 0 Å². The lowest BCUT2D eigenvalue weighted by atomic mass is 10.0. The van der Waals surface area contributed by atoms with Crippen molar-refractivity contribution in [3.05, 3.63) is 18.5 Å². The quantitative estimate of drug-likeness (QED) is 0.823. The van der Waals surface area contributed by atoms with Crippen molar-refractivity contribution in [2.45, 2.75) is 38.5 Å². The van der Waals surface area contributed by atoms with Crippen LogP contribution in [-0.2, 0) is 0 Å². The summed E-state index contributed by atoms with van der Waals surface area (Å²) >= 11 is 0. The second kappa shape index (κ2) is 7.60. The average Bonchev–Trinajstić information content (AvgIpc) is 2.97. The highest BCUT2D eigenvalue weighted by Gasteiger charge is 2.24. The summed E-state index contributed by atoms with van der Waals surface area (Å²) in [4.78, 5) is 10.7. The Morgan fingerprint density at radius 3 is 2.96 bits per heavy atom. The number of aromatic amines is 1. The number of piperidine rings is 1. The zero-order valence-corrected chi connectivity index (χ0v) is 13.9. The third-order valence-electron chi connectivity index (χ3n) is 4.09. The number of aromatic nitrogens is 4. The lowest BCUT2D eigenvalue weighted by molar-refractivity contribution is -0.0528. The van der Waals surface area contributed by atoms with Gasteiger partial charge >= 0.3 is 6.61 Å². The molecule has 1 saturated heterocycles. The van der Waals surface area contributed by atoms with Crippen LogP contribution in [0.1, 0.15) is 19.8 Å². The topological polar surface area (TPSA) is 88.2 Å². The first-order chi connectivity index (χ1) is 12.0. The predicted octanol–water partition coefficient (Wildman–Crippen LogP) is 2.41. The van der Waals surface area contributed by atoms with Crippen molar-refractivity contribution < 1.29 is 18.3 Å². The summed E-state index contributed by atoms with van der Waals surface area (Å²) in [5, 5.41) is 9.03. The molecule has 0 radical (unpaired) electrons. The van der Waals surface area contributed by atoms with Crippen molar-refractivity contribution in [1.82, 2.24) is 25.1 Å². The molecule has 3 rings (SSSR count). The molecule has 2 aromatic heterocycles. The molecular weight excluding hydrogens is 334 g/mol. The molecule has 1 fully saturated rings. The number of likely N-dealkylation sites (tertiary alicyclic amines) is 1. The maximum absolute atomic E-state index is 12.2. The highest BCUT2D eigenvalue weighted by molar-refractivity contribution is 5.51. The smallest absolute Gasteiger partial charge is 0.388 e. The van der Waals surface area contributed by atoms with Crippen molar-refractivity contribution in [2.24, 2.45) is 0 Å². The Balaban J connectivity index is 1.60. The minimum absolute atomic E-state index is 0.0900. The third-order valence-corrected chi connectivity index (χ3v) is 4.09. The van der Waals surface area contributed by atoms with Crippen LogP contribution in [0.25, 0.3) is 0 Å². The molecule has 0 amide bonds. The number of nitrogens with one attached hydrogen (secondary N) is 2. The zero-order chi connectivity index (χ0) is 17.8. The largest absolute Gasteiger partial charge is 0.473 e. The first-order valence-corrected chi connectivity index (χ1v) is 7.96. The minimum Gasteiger partial charge on any atom is -0.473 e. The fourth-order valence-electron chi connectivity index (χ4n) is 2.64. The molecular formula is C15H20F2N6O2. The summed E-state index contributed by atoms with van der Waals surface area (Å²) in [5.74, 6) is 0.952. The summed E-state index contributed by atoms with van der Waals surface area (Å²) in [7, 11) is 2.10. The first kappa shape index (κ1) is 17.3. The van der Waals surface area contributed by atoms with Crippen LogP contribution < -0.4 is 14.8 Å². The van der Waals surface area contributed by atoms with Crippen LogP contribution in [0.15, 0.2) is 18.5 Å². The number of hydrogen-bond acceptors (Lipinski definition) is 7. The van der Waals surface area contributed by atoms with E-state index in [9.17, 15) is 8.78 Å². The fourth-order valence-corrected chi connectivity index (χ4v) is 2.64. The maximum atomic E-state index is 12.2. The molecule has 2 atom stereocenters. The zero-order valence-electron chi connectivity index (χ0n) is 13.9. The van der Waals surface area contributed by atoms with Gasteiger partial charge in [0.05, 0.1) is 12.4 Å². The number of hydrogen-bond donors (Lipinski definition) is 2. The van der Waals surface area contributed by atoms with Crippen molar-refractivity contribution in [3.8, 4) is 11.8 Å². The summed E-state index contributed by atoms with van der Waals surface area (Å²) in [6.07, 6.45) is 4.97. The SMILES string of the molecule is C[C@@H]1C[C@@H](Oc2cncc(Nc3cc(OC(F)F)[nH]n3)n2)CCN1C. The monoisotopic (exact) mass is 354 g/mol. The van der Waals surface area contributed by atoms with E-state index in [1.807, 2.05) is 0 Å². The van der Waals surface area contributed by atoms with Crippen LogP contribution >= 0.6 is 0 Å². The molecule has 8 nitrogen and oxygen atoms in total. The number of nitrogens with zero attached hydrogens (tertiary/aromatic N) is 4. The van der Waals surface area contributed by atoms with Crippen LogP contribution in [0.3, 0.4) is 0 Å². The van der Waals surface area contributed by atoms with Gasteiger partial charge in [-0.2, -0.15) is 18.9 Å². The molecule has 3 heterocycles. The average molecular weight is 354 g/mol. The van der Waals surface area contributed by atoms with Gasteiger partial charge in [0.2, 0.25) is 11.8 Å². The molecule has 10 heteroatoms. The van der Waals surface area contributed by atoms with E-state index in [1.54, 1.807) is 6.20 Å². The summed E-state index contributed by atoms with van der Waals surface area (Å²) < 4.78 is 34.4. The number of halogens is 2. The van der Waals surface area contributed by atoms with Gasteiger partial charge in [-0.15, -0.1) is 0 Å². The lowest BCUT2D eigenvalue weighted by Gasteiger charge is -2.34. The highest BCUT2D eigenvalue weighted by Crippen LogP contribution is 2.22. The third kappa shape index (κ3) is 4.75. The Morgan fingerprint density at radius 1 is 1.36 bits per heavy atom. The van der Waals surface area contributed by atoms with Crippen LogP contribution in [-0.4, -0.2) is 57.4 Å². The van der Waals surface area contributed by atoms with E-state index >= 15 is 0 Å². The highest BCUT2D eigenvalue weighted by atomic mass is 19.3. The Hall–Kier alpha value is -2.49. The Labute approximate surface area is 143 Å². The number of alkyl halides is 2. The van der Waals surface area contributed by atoms with Gasteiger partial charge in [-0.3, -0.25) is 4.98 Å². The second-order valence-corrected chi connectivity index (χ2v) is 5.96. The molecule has 0 saturated carbocycles. The van der Waals surface area contributed by atoms with Gasteiger partial charge in [0.25, 0.3) is 0 Å². The van der Waals surface area contributed by atoms with E-state index < -0.39 is 6.61 Å². The van der Waals surface area contributed by atoms with E-state index in [0.717, 1.165) is 19.4 Å². The van der Waals surface area contributed by atoms with E-state index in [2.05, 4.69) is 49.1 Å². The van der Waals surface area contributed by atoms with Crippen molar-refractivity contribution >= 4 is 11.6 Å². The number of ether oxygens (including phenoxy) is 2. The molecule has 0 aromatic carbocycles. The van der Waals surface area contributed by atoms with Gasteiger partial charge < -0.3 is 19.7 Å². The van der Waals surface area contributed by atoms with Crippen LogP contribution in [0.2, 0.25) is 0 Å².